The largest absolute Gasteiger partial charge is 0.454 e. The number of benzene rings is 1. The maximum Gasteiger partial charge on any atom is 0.270 e. The van der Waals surface area contributed by atoms with Crippen molar-refractivity contribution >= 4 is 39.7 Å². The smallest absolute Gasteiger partial charge is 0.270 e. The van der Waals surface area contributed by atoms with Crippen molar-refractivity contribution < 1.29 is 14.3 Å². The van der Waals surface area contributed by atoms with Crippen molar-refractivity contribution in [2.45, 2.75) is 25.7 Å². The van der Waals surface area contributed by atoms with Crippen molar-refractivity contribution in [3.8, 4) is 11.5 Å². The van der Waals surface area contributed by atoms with Gasteiger partial charge in [-0.1, -0.05) is 0 Å². The second kappa shape index (κ2) is 5.78. The van der Waals surface area contributed by atoms with E-state index in [1.165, 1.54) is 4.88 Å². The molecule has 3 heterocycles. The molecule has 1 aromatic carbocycles. The van der Waals surface area contributed by atoms with Crippen LogP contribution in [0.3, 0.4) is 0 Å². The Kier molecular flexibility index (Phi) is 3.51. The first kappa shape index (κ1) is 15.8. The number of carbonyl (C=O) groups excluding carboxylic acids is 1. The van der Waals surface area contributed by atoms with Crippen LogP contribution in [0.5, 0.6) is 11.5 Å². The SMILES string of the molecule is O=C(c1ccc2c(c1)OCO2)n1c(=S)[nH]c2sc3c(c2c1=O)CCCC3. The number of H-pyrrole nitrogens is 1. The zero-order chi connectivity index (χ0) is 17.8. The van der Waals surface area contributed by atoms with Gasteiger partial charge in [0, 0.05) is 10.4 Å². The number of hydrogen-bond donors (Lipinski definition) is 1. The number of aryl methyl sites for hydroxylation is 2. The summed E-state index contributed by atoms with van der Waals surface area (Å²) in [5.41, 5.74) is 1.06. The molecule has 3 aromatic rings. The standard InChI is InChI=1S/C18H14N2O4S2/c21-16(9-5-6-11-12(7-9)24-8-23-11)20-17(22)14-10-3-1-2-4-13(10)26-15(14)19-18(20)25/h5-7H,1-4,8H2,(H,19,25). The van der Waals surface area contributed by atoms with E-state index in [0.29, 0.717) is 22.4 Å². The van der Waals surface area contributed by atoms with Gasteiger partial charge in [-0.25, -0.2) is 4.57 Å². The Morgan fingerprint density at radius 2 is 2.00 bits per heavy atom. The molecule has 1 aliphatic heterocycles. The molecule has 0 spiro atoms. The second-order valence-electron chi connectivity index (χ2n) is 6.36. The Balaban J connectivity index is 1.70. The molecule has 0 atom stereocenters. The second-order valence-corrected chi connectivity index (χ2v) is 7.85. The van der Waals surface area contributed by atoms with E-state index >= 15 is 0 Å². The van der Waals surface area contributed by atoms with Crippen molar-refractivity contribution in [3.05, 3.63) is 49.3 Å². The van der Waals surface area contributed by atoms with Crippen LogP contribution in [0.1, 0.15) is 33.6 Å². The first-order chi connectivity index (χ1) is 12.6. The predicted molar refractivity (Wildman–Crippen MR) is 100 cm³/mol. The number of nitrogens with zero attached hydrogens (tertiary/aromatic N) is 1. The van der Waals surface area contributed by atoms with Crippen molar-refractivity contribution in [2.75, 3.05) is 6.79 Å². The molecule has 0 fully saturated rings. The number of fused-ring (bicyclic) bond motifs is 4. The van der Waals surface area contributed by atoms with Gasteiger partial charge in [0.1, 0.15) is 4.83 Å². The van der Waals surface area contributed by atoms with E-state index in [1.54, 1.807) is 29.5 Å². The molecule has 0 saturated heterocycles. The minimum atomic E-state index is -0.466. The Morgan fingerprint density at radius 1 is 1.19 bits per heavy atom. The summed E-state index contributed by atoms with van der Waals surface area (Å²) in [6, 6.07) is 4.86. The zero-order valence-electron chi connectivity index (χ0n) is 13.7. The summed E-state index contributed by atoms with van der Waals surface area (Å²) in [7, 11) is 0. The minimum Gasteiger partial charge on any atom is -0.454 e. The lowest BCUT2D eigenvalue weighted by molar-refractivity contribution is 0.0953. The molecular weight excluding hydrogens is 372 g/mol. The molecule has 0 saturated carbocycles. The molecule has 0 unspecified atom stereocenters. The summed E-state index contributed by atoms with van der Waals surface area (Å²) in [6.45, 7) is 0.125. The van der Waals surface area contributed by atoms with Gasteiger partial charge in [0.15, 0.2) is 16.3 Å². The van der Waals surface area contributed by atoms with Crippen LogP contribution < -0.4 is 15.0 Å². The van der Waals surface area contributed by atoms with Gasteiger partial charge in [-0.05, 0) is 61.7 Å². The maximum absolute atomic E-state index is 13.1. The van der Waals surface area contributed by atoms with E-state index < -0.39 is 5.91 Å². The normalized spacial score (nSPS) is 15.2. The molecular formula is C18H14N2O4S2. The molecule has 1 aliphatic carbocycles. The number of aromatic nitrogens is 2. The number of carbonyl (C=O) groups is 1. The van der Waals surface area contributed by atoms with E-state index in [0.717, 1.165) is 40.6 Å². The van der Waals surface area contributed by atoms with Gasteiger partial charge in [0.05, 0.1) is 5.39 Å². The predicted octanol–water partition coefficient (Wildman–Crippen LogP) is 3.42. The van der Waals surface area contributed by atoms with E-state index in [4.69, 9.17) is 21.7 Å². The zero-order valence-corrected chi connectivity index (χ0v) is 15.3. The highest BCUT2D eigenvalue weighted by Crippen LogP contribution is 2.34. The van der Waals surface area contributed by atoms with E-state index in [2.05, 4.69) is 4.98 Å². The fourth-order valence-corrected chi connectivity index (χ4v) is 5.19. The fraction of sp³-hybridized carbons (Fsp3) is 0.278. The van der Waals surface area contributed by atoms with Crippen LogP contribution in [0, 0.1) is 4.77 Å². The van der Waals surface area contributed by atoms with Gasteiger partial charge in [-0.15, -0.1) is 11.3 Å². The third-order valence-electron chi connectivity index (χ3n) is 4.83. The van der Waals surface area contributed by atoms with Crippen LogP contribution >= 0.6 is 23.6 Å². The molecule has 26 heavy (non-hydrogen) atoms. The highest BCUT2D eigenvalue weighted by Gasteiger charge is 2.23. The lowest BCUT2D eigenvalue weighted by atomic mass is 9.97. The van der Waals surface area contributed by atoms with Gasteiger partial charge in [-0.2, -0.15) is 0 Å². The third-order valence-corrected chi connectivity index (χ3v) is 6.33. The van der Waals surface area contributed by atoms with E-state index in [9.17, 15) is 9.59 Å². The Morgan fingerprint density at radius 3 is 2.88 bits per heavy atom. The number of thiophene rings is 1. The van der Waals surface area contributed by atoms with Gasteiger partial charge >= 0.3 is 0 Å². The summed E-state index contributed by atoms with van der Waals surface area (Å²) < 4.78 is 11.8. The van der Waals surface area contributed by atoms with Crippen LogP contribution in [0.2, 0.25) is 0 Å². The summed E-state index contributed by atoms with van der Waals surface area (Å²) >= 11 is 6.90. The van der Waals surface area contributed by atoms with E-state index in [-0.39, 0.29) is 17.1 Å². The van der Waals surface area contributed by atoms with Crippen molar-refractivity contribution in [2.24, 2.45) is 0 Å². The molecule has 6 nitrogen and oxygen atoms in total. The average Bonchev–Trinajstić information content (AvgIpc) is 3.24. The molecule has 0 radical (unpaired) electrons. The van der Waals surface area contributed by atoms with Gasteiger partial charge in [-0.3, -0.25) is 9.59 Å². The van der Waals surface area contributed by atoms with Gasteiger partial charge in [0.2, 0.25) is 6.79 Å². The van der Waals surface area contributed by atoms with Crippen LogP contribution in [0.25, 0.3) is 10.2 Å². The number of ether oxygens (including phenoxy) is 2. The monoisotopic (exact) mass is 386 g/mol. The minimum absolute atomic E-state index is 0.115. The Bertz CT molecular complexity index is 1190. The van der Waals surface area contributed by atoms with Crippen LogP contribution in [-0.2, 0) is 12.8 Å². The van der Waals surface area contributed by atoms with Crippen molar-refractivity contribution in [1.29, 1.82) is 0 Å². The summed E-state index contributed by atoms with van der Waals surface area (Å²) in [4.78, 5) is 31.2. The Labute approximate surface area is 157 Å². The molecule has 5 rings (SSSR count). The van der Waals surface area contributed by atoms with Crippen molar-refractivity contribution in [1.82, 2.24) is 9.55 Å². The molecule has 0 amide bonds. The topological polar surface area (TPSA) is 73.3 Å². The van der Waals surface area contributed by atoms with Gasteiger partial charge < -0.3 is 14.5 Å². The number of rotatable bonds is 1. The molecule has 132 valence electrons. The van der Waals surface area contributed by atoms with Crippen molar-refractivity contribution in [3.63, 3.8) is 0 Å². The first-order valence-corrected chi connectivity index (χ1v) is 9.60. The number of nitrogens with one attached hydrogen (secondary N) is 1. The summed E-state index contributed by atoms with van der Waals surface area (Å²) in [5.74, 6) is 0.612. The van der Waals surface area contributed by atoms with E-state index in [1.807, 2.05) is 0 Å². The number of aromatic amines is 1. The Hall–Kier alpha value is -2.45. The lowest BCUT2D eigenvalue weighted by Crippen LogP contribution is -2.29. The lowest BCUT2D eigenvalue weighted by Gasteiger charge is -2.10. The highest BCUT2D eigenvalue weighted by atomic mass is 32.1. The molecule has 2 aromatic heterocycles. The molecule has 8 heteroatoms. The van der Waals surface area contributed by atoms with Gasteiger partial charge in [0.25, 0.3) is 11.5 Å². The quantitative estimate of drug-likeness (QED) is 0.649. The number of hydrogen-bond acceptors (Lipinski definition) is 6. The third kappa shape index (κ3) is 2.25. The molecule has 1 N–H and O–H groups in total. The fourth-order valence-electron chi connectivity index (χ4n) is 3.58. The maximum atomic E-state index is 13.1. The summed E-state index contributed by atoms with van der Waals surface area (Å²) in [6.07, 6.45) is 4.03. The van der Waals surface area contributed by atoms with Crippen LogP contribution in [0.4, 0.5) is 0 Å². The first-order valence-electron chi connectivity index (χ1n) is 8.37. The average molecular weight is 386 g/mol. The summed E-state index contributed by atoms with van der Waals surface area (Å²) in [5, 5.41) is 0.604. The van der Waals surface area contributed by atoms with Crippen LogP contribution in [-0.4, -0.2) is 22.3 Å². The van der Waals surface area contributed by atoms with Crippen LogP contribution in [0.15, 0.2) is 23.0 Å². The molecule has 2 aliphatic rings. The highest BCUT2D eigenvalue weighted by molar-refractivity contribution is 7.71. The molecule has 0 bridgehead atoms.